The van der Waals surface area contributed by atoms with Crippen LogP contribution >= 0.6 is 0 Å². The van der Waals surface area contributed by atoms with Gasteiger partial charge in [0.15, 0.2) is 0 Å². The van der Waals surface area contributed by atoms with Crippen molar-refractivity contribution in [1.29, 1.82) is 0 Å². The molecule has 0 amide bonds. The van der Waals surface area contributed by atoms with Gasteiger partial charge in [-0.3, -0.25) is 0 Å². The molecule has 1 heterocycles. The Labute approximate surface area is 55.8 Å². The van der Waals surface area contributed by atoms with Crippen LogP contribution in [0.2, 0.25) is 0 Å². The Morgan fingerprint density at radius 1 is 1.14 bits per heavy atom. The number of nitrogens with one attached hydrogen (secondary N) is 1. The van der Waals surface area contributed by atoms with Crippen molar-refractivity contribution in [2.45, 2.75) is 0 Å². The van der Waals surface area contributed by atoms with E-state index in [-0.39, 0.29) is 18.9 Å². The van der Waals surface area contributed by atoms with Gasteiger partial charge < -0.3 is 10.1 Å². The first-order valence-electron chi connectivity index (χ1n) is 2.28. The second-order valence-corrected chi connectivity index (χ2v) is 1.36. The summed E-state index contributed by atoms with van der Waals surface area (Å²) < 4.78 is 5.01. The molecular formula is C4H10LiNO. The average molecular weight is 95.1 g/mol. The van der Waals surface area contributed by atoms with Gasteiger partial charge in [-0.25, -0.2) is 0 Å². The predicted octanol–water partition coefficient (Wildman–Crippen LogP) is -1.04. The van der Waals surface area contributed by atoms with E-state index in [1.54, 1.807) is 0 Å². The summed E-state index contributed by atoms with van der Waals surface area (Å²) in [4.78, 5) is 0. The minimum absolute atomic E-state index is 0. The fourth-order valence-corrected chi connectivity index (χ4v) is 0.516. The van der Waals surface area contributed by atoms with E-state index in [4.69, 9.17) is 4.74 Å². The summed E-state index contributed by atoms with van der Waals surface area (Å²) in [5.74, 6) is 0. The van der Waals surface area contributed by atoms with Crippen LogP contribution in [0.3, 0.4) is 0 Å². The Morgan fingerprint density at radius 2 is 1.71 bits per heavy atom. The normalized spacial score (nSPS) is 20.6. The summed E-state index contributed by atoms with van der Waals surface area (Å²) in [7, 11) is 0. The molecule has 3 heteroatoms. The Morgan fingerprint density at radius 3 is 1.86 bits per heavy atom. The van der Waals surface area contributed by atoms with Crippen molar-refractivity contribution < 1.29 is 4.74 Å². The standard InChI is InChI=1S/C4H9NO.Li.H/c1-3-6-4-2-5-1;;/h5H,1-4H2;;. The molecule has 38 valence electrons. The zero-order valence-electron chi connectivity index (χ0n) is 3.74. The molecular weight excluding hydrogens is 85.0 g/mol. The molecule has 0 aromatic carbocycles. The van der Waals surface area contributed by atoms with Gasteiger partial charge in [0.2, 0.25) is 0 Å². The Hall–Kier alpha value is 0.517. The summed E-state index contributed by atoms with van der Waals surface area (Å²) in [6.45, 7) is 3.83. The van der Waals surface area contributed by atoms with Crippen molar-refractivity contribution in [2.24, 2.45) is 0 Å². The van der Waals surface area contributed by atoms with Crippen LogP contribution in [0.25, 0.3) is 0 Å². The maximum absolute atomic E-state index is 5.01. The van der Waals surface area contributed by atoms with Gasteiger partial charge in [0.1, 0.15) is 0 Å². The molecule has 1 fully saturated rings. The van der Waals surface area contributed by atoms with Crippen molar-refractivity contribution in [3.05, 3.63) is 0 Å². The van der Waals surface area contributed by atoms with Crippen LogP contribution < -0.4 is 5.32 Å². The van der Waals surface area contributed by atoms with E-state index in [9.17, 15) is 0 Å². The molecule has 1 N–H and O–H groups in total. The molecule has 0 aromatic heterocycles. The third-order valence-corrected chi connectivity index (χ3v) is 0.846. The number of morpholine rings is 1. The third kappa shape index (κ3) is 3.13. The minimum atomic E-state index is 0. The first-order chi connectivity index (χ1) is 3.00. The number of hydrogen-bond acceptors (Lipinski definition) is 2. The van der Waals surface area contributed by atoms with Gasteiger partial charge >= 0.3 is 18.9 Å². The third-order valence-electron chi connectivity index (χ3n) is 0.846. The Balaban J connectivity index is 0.000000360. The second kappa shape index (κ2) is 4.67. The topological polar surface area (TPSA) is 21.3 Å². The van der Waals surface area contributed by atoms with Gasteiger partial charge in [-0.2, -0.15) is 0 Å². The molecule has 0 bridgehead atoms. The van der Waals surface area contributed by atoms with Crippen molar-refractivity contribution in [3.8, 4) is 0 Å². The maximum atomic E-state index is 5.01. The van der Waals surface area contributed by atoms with E-state index in [2.05, 4.69) is 5.32 Å². The van der Waals surface area contributed by atoms with Crippen LogP contribution in [0.1, 0.15) is 0 Å². The van der Waals surface area contributed by atoms with Crippen LogP contribution in [0.4, 0.5) is 0 Å². The second-order valence-electron chi connectivity index (χ2n) is 1.36. The number of hydrogen-bond donors (Lipinski definition) is 1. The van der Waals surface area contributed by atoms with Crippen molar-refractivity contribution in [3.63, 3.8) is 0 Å². The molecule has 0 aromatic rings. The first kappa shape index (κ1) is 7.52. The Bertz CT molecular complexity index is 27.2. The van der Waals surface area contributed by atoms with E-state index in [1.807, 2.05) is 0 Å². The first-order valence-corrected chi connectivity index (χ1v) is 2.28. The van der Waals surface area contributed by atoms with Crippen molar-refractivity contribution in [1.82, 2.24) is 5.32 Å². The van der Waals surface area contributed by atoms with Crippen LogP contribution in [0.5, 0.6) is 0 Å². The predicted molar refractivity (Wildman–Crippen MR) is 30.8 cm³/mol. The van der Waals surface area contributed by atoms with Crippen LogP contribution in [-0.4, -0.2) is 45.2 Å². The van der Waals surface area contributed by atoms with E-state index >= 15 is 0 Å². The van der Waals surface area contributed by atoms with Crippen LogP contribution in [0.15, 0.2) is 0 Å². The zero-order valence-corrected chi connectivity index (χ0v) is 3.74. The average Bonchev–Trinajstić information content (AvgIpc) is 1.72. The fraction of sp³-hybridized carbons (Fsp3) is 1.00. The van der Waals surface area contributed by atoms with Crippen molar-refractivity contribution in [2.75, 3.05) is 26.3 Å². The van der Waals surface area contributed by atoms with Gasteiger partial charge in [0.25, 0.3) is 0 Å². The molecule has 2 nitrogen and oxygen atoms in total. The molecule has 7 heavy (non-hydrogen) atoms. The molecule has 0 atom stereocenters. The van der Waals surface area contributed by atoms with Gasteiger partial charge in [-0.1, -0.05) is 0 Å². The van der Waals surface area contributed by atoms with Gasteiger partial charge in [-0.05, 0) is 0 Å². The van der Waals surface area contributed by atoms with Gasteiger partial charge in [-0.15, -0.1) is 0 Å². The summed E-state index contributed by atoms with van der Waals surface area (Å²) in [5.41, 5.74) is 0. The molecule has 0 aliphatic carbocycles. The molecule has 1 aliphatic rings. The zero-order chi connectivity index (χ0) is 4.24. The molecule has 0 spiro atoms. The summed E-state index contributed by atoms with van der Waals surface area (Å²) in [6.07, 6.45) is 0. The van der Waals surface area contributed by atoms with E-state index < -0.39 is 0 Å². The van der Waals surface area contributed by atoms with E-state index in [0.717, 1.165) is 26.3 Å². The SMILES string of the molecule is C1COCCN1.[LiH]. The number of rotatable bonds is 0. The summed E-state index contributed by atoms with van der Waals surface area (Å²) in [6, 6.07) is 0. The van der Waals surface area contributed by atoms with Crippen molar-refractivity contribution >= 4 is 18.9 Å². The molecule has 1 rings (SSSR count). The molecule has 0 saturated carbocycles. The fourth-order valence-electron chi connectivity index (χ4n) is 0.516. The molecule has 1 saturated heterocycles. The van der Waals surface area contributed by atoms with E-state index in [0.29, 0.717) is 0 Å². The Kier molecular flexibility index (Phi) is 5.02. The van der Waals surface area contributed by atoms with Gasteiger partial charge in [0.05, 0.1) is 13.2 Å². The molecule has 1 aliphatic heterocycles. The summed E-state index contributed by atoms with van der Waals surface area (Å²) in [5, 5.41) is 3.16. The number of ether oxygens (including phenoxy) is 1. The van der Waals surface area contributed by atoms with Crippen LogP contribution in [0, 0.1) is 0 Å². The molecule has 0 unspecified atom stereocenters. The summed E-state index contributed by atoms with van der Waals surface area (Å²) >= 11 is 0. The van der Waals surface area contributed by atoms with Crippen LogP contribution in [-0.2, 0) is 4.74 Å². The monoisotopic (exact) mass is 95.1 g/mol. The molecule has 0 radical (unpaired) electrons. The van der Waals surface area contributed by atoms with E-state index in [1.165, 1.54) is 0 Å². The quantitative estimate of drug-likeness (QED) is 0.388. The van der Waals surface area contributed by atoms with Gasteiger partial charge in [0, 0.05) is 13.1 Å².